The third kappa shape index (κ3) is 5.87. The Balaban J connectivity index is 0.000000281. The van der Waals surface area contributed by atoms with Gasteiger partial charge in [0.25, 0.3) is 0 Å². The predicted octanol–water partition coefficient (Wildman–Crippen LogP) is -1.55. The molecule has 2 radical (unpaired) electrons. The minimum absolute atomic E-state index is 0.403. The van der Waals surface area contributed by atoms with Crippen LogP contribution in [0.2, 0.25) is 0 Å². The zero-order valence-corrected chi connectivity index (χ0v) is 9.43. The molecule has 0 unspecified atom stereocenters. The van der Waals surface area contributed by atoms with Crippen molar-refractivity contribution in [2.45, 2.75) is 12.5 Å². The van der Waals surface area contributed by atoms with Crippen molar-refractivity contribution in [3.05, 3.63) is 29.8 Å². The molecule has 0 amide bonds. The topological polar surface area (TPSA) is 86.7 Å². The normalized spacial score (nSPS) is 10.6. The molecular weight excluding hydrogens is 205 g/mol. The lowest BCUT2D eigenvalue weighted by Crippen LogP contribution is -2.50. The molecule has 4 nitrogen and oxygen atoms in total. The lowest BCUT2D eigenvalue weighted by molar-refractivity contribution is 0.0698. The second-order valence-corrected chi connectivity index (χ2v) is 3.75. The first kappa shape index (κ1) is 15.1. The second-order valence-electron chi connectivity index (χ2n) is 3.75. The number of aryl methyl sites for hydroxylation is 1. The van der Waals surface area contributed by atoms with Gasteiger partial charge in [0.05, 0.1) is 25.4 Å². The summed E-state index contributed by atoms with van der Waals surface area (Å²) >= 11 is 0. The maximum Gasteiger partial charge on any atom is 0.113 e. The fourth-order valence-electron chi connectivity index (χ4n) is 0.716. The molecule has 5 heteroatoms. The van der Waals surface area contributed by atoms with Gasteiger partial charge >= 0.3 is 0 Å². The summed E-state index contributed by atoms with van der Waals surface area (Å²) in [5, 5.41) is 25.0. The second kappa shape index (κ2) is 7.41. The zero-order chi connectivity index (χ0) is 12.6. The van der Waals surface area contributed by atoms with Crippen molar-refractivity contribution in [2.75, 3.05) is 19.8 Å². The van der Waals surface area contributed by atoms with Crippen LogP contribution in [0.4, 0.5) is 0 Å². The van der Waals surface area contributed by atoms with E-state index in [1.54, 1.807) is 0 Å². The molecule has 1 aromatic rings. The van der Waals surface area contributed by atoms with E-state index in [-0.39, 0.29) is 0 Å². The van der Waals surface area contributed by atoms with Gasteiger partial charge in [-0.15, -0.1) is 0 Å². The summed E-state index contributed by atoms with van der Waals surface area (Å²) in [4.78, 5) is 0. The van der Waals surface area contributed by atoms with Crippen LogP contribution in [0.3, 0.4) is 0 Å². The summed E-state index contributed by atoms with van der Waals surface area (Å²) in [6.07, 6.45) is 0. The molecule has 0 spiro atoms. The maximum atomic E-state index is 8.34. The Morgan fingerprint density at radius 2 is 1.44 bits per heavy atom. The van der Waals surface area contributed by atoms with Gasteiger partial charge in [0.2, 0.25) is 0 Å². The Morgan fingerprint density at radius 1 is 1.06 bits per heavy atom. The Labute approximate surface area is 97.1 Å². The highest BCUT2D eigenvalue weighted by Crippen LogP contribution is 1.93. The van der Waals surface area contributed by atoms with Crippen LogP contribution in [0.5, 0.6) is 0 Å². The van der Waals surface area contributed by atoms with Crippen molar-refractivity contribution in [3.63, 3.8) is 0 Å². The van der Waals surface area contributed by atoms with Crippen LogP contribution in [0.1, 0.15) is 5.56 Å². The Morgan fingerprint density at radius 3 is 1.62 bits per heavy atom. The number of hydrogen-bond donors (Lipinski definition) is 4. The highest BCUT2D eigenvalue weighted by molar-refractivity contribution is 6.32. The Hall–Kier alpha value is -0.875. The first-order chi connectivity index (χ1) is 7.47. The molecule has 1 aromatic carbocycles. The molecular formula is C11H18BNO3. The molecule has 0 fully saturated rings. The van der Waals surface area contributed by atoms with Gasteiger partial charge in [-0.3, -0.25) is 0 Å². The van der Waals surface area contributed by atoms with E-state index in [4.69, 9.17) is 28.9 Å². The molecule has 0 atom stereocenters. The molecule has 5 N–H and O–H groups in total. The van der Waals surface area contributed by atoms with E-state index in [9.17, 15) is 0 Å². The lowest BCUT2D eigenvalue weighted by atomic mass is 9.96. The molecule has 0 saturated heterocycles. The Kier molecular flexibility index (Phi) is 7.00. The molecule has 0 aliphatic rings. The first-order valence-electron chi connectivity index (χ1n) is 4.91. The van der Waals surface area contributed by atoms with Crippen molar-refractivity contribution in [2.24, 2.45) is 5.73 Å². The number of aliphatic hydroxyl groups is 3. The number of hydrogen-bond acceptors (Lipinski definition) is 4. The van der Waals surface area contributed by atoms with E-state index in [2.05, 4.69) is 0 Å². The highest BCUT2D eigenvalue weighted by Gasteiger charge is 2.20. The van der Waals surface area contributed by atoms with Crippen LogP contribution >= 0.6 is 0 Å². The molecule has 16 heavy (non-hydrogen) atoms. The average Bonchev–Trinajstić information content (AvgIpc) is 2.33. The molecule has 1 rings (SSSR count). The third-order valence-electron chi connectivity index (χ3n) is 2.02. The number of nitrogens with two attached hydrogens (primary N) is 1. The minimum atomic E-state index is -1.21. The van der Waals surface area contributed by atoms with Crippen LogP contribution in [-0.4, -0.2) is 48.5 Å². The SMILES string of the molecule is NC(CO)(CO)CO.[B]c1ccc(C)cc1. The molecule has 0 saturated carbocycles. The van der Waals surface area contributed by atoms with Gasteiger partial charge in [0.1, 0.15) is 7.85 Å². The average molecular weight is 223 g/mol. The van der Waals surface area contributed by atoms with Crippen molar-refractivity contribution in [1.82, 2.24) is 0 Å². The first-order valence-corrected chi connectivity index (χ1v) is 4.91. The maximum absolute atomic E-state index is 8.34. The van der Waals surface area contributed by atoms with E-state index in [0.29, 0.717) is 0 Å². The van der Waals surface area contributed by atoms with Gasteiger partial charge in [-0.05, 0) is 6.92 Å². The third-order valence-corrected chi connectivity index (χ3v) is 2.02. The summed E-state index contributed by atoms with van der Waals surface area (Å²) in [5.74, 6) is 0. The Bertz CT molecular complexity index is 257. The van der Waals surface area contributed by atoms with Gasteiger partial charge < -0.3 is 21.1 Å². The van der Waals surface area contributed by atoms with Gasteiger partial charge in [-0.2, -0.15) is 0 Å². The smallest absolute Gasteiger partial charge is 0.113 e. The van der Waals surface area contributed by atoms with Gasteiger partial charge in [0, 0.05) is 0 Å². The predicted molar refractivity (Wildman–Crippen MR) is 64.7 cm³/mol. The van der Waals surface area contributed by atoms with Gasteiger partial charge in [0.15, 0.2) is 0 Å². The molecule has 0 aliphatic carbocycles. The van der Waals surface area contributed by atoms with Gasteiger partial charge in [-0.1, -0.05) is 35.3 Å². The van der Waals surface area contributed by atoms with Crippen molar-refractivity contribution in [3.8, 4) is 0 Å². The molecule has 0 heterocycles. The summed E-state index contributed by atoms with van der Waals surface area (Å²) in [5.41, 5.74) is 6.02. The highest BCUT2D eigenvalue weighted by atomic mass is 16.3. The van der Waals surface area contributed by atoms with E-state index >= 15 is 0 Å². The van der Waals surface area contributed by atoms with Crippen LogP contribution in [0.25, 0.3) is 0 Å². The van der Waals surface area contributed by atoms with Crippen molar-refractivity contribution in [1.29, 1.82) is 0 Å². The van der Waals surface area contributed by atoms with Gasteiger partial charge in [-0.25, -0.2) is 0 Å². The van der Waals surface area contributed by atoms with E-state index < -0.39 is 25.4 Å². The number of aliphatic hydroxyl groups excluding tert-OH is 3. The zero-order valence-electron chi connectivity index (χ0n) is 9.43. The molecule has 88 valence electrons. The molecule has 0 bridgehead atoms. The lowest BCUT2D eigenvalue weighted by Gasteiger charge is -2.20. The summed E-state index contributed by atoms with van der Waals surface area (Å²) in [7, 11) is 5.43. The van der Waals surface area contributed by atoms with Crippen LogP contribution < -0.4 is 11.2 Å². The number of rotatable bonds is 3. The van der Waals surface area contributed by atoms with Crippen LogP contribution in [0, 0.1) is 6.92 Å². The van der Waals surface area contributed by atoms with Crippen molar-refractivity contribution < 1.29 is 15.3 Å². The quantitative estimate of drug-likeness (QED) is 0.467. The van der Waals surface area contributed by atoms with Crippen LogP contribution in [0.15, 0.2) is 24.3 Å². The standard InChI is InChI=1S/C7H7B.C4H11NO3/c1-6-2-4-7(8)5-3-6;5-4(1-6,2-7)3-8/h2-5H,1H3;6-8H,1-3,5H2. The summed E-state index contributed by atoms with van der Waals surface area (Å²) in [6, 6.07) is 7.79. The summed E-state index contributed by atoms with van der Waals surface area (Å²) in [6.45, 7) is 0.833. The van der Waals surface area contributed by atoms with Crippen molar-refractivity contribution >= 4 is 13.3 Å². The fraction of sp³-hybridized carbons (Fsp3) is 0.455. The largest absolute Gasteiger partial charge is 0.394 e. The minimum Gasteiger partial charge on any atom is -0.394 e. The molecule has 0 aliphatic heterocycles. The number of benzene rings is 1. The fourth-order valence-corrected chi connectivity index (χ4v) is 0.716. The van der Waals surface area contributed by atoms with E-state index in [0.717, 1.165) is 5.46 Å². The summed E-state index contributed by atoms with van der Waals surface area (Å²) < 4.78 is 0. The van der Waals surface area contributed by atoms with E-state index in [1.807, 2.05) is 31.2 Å². The van der Waals surface area contributed by atoms with E-state index in [1.165, 1.54) is 5.56 Å². The molecule has 0 aromatic heterocycles. The van der Waals surface area contributed by atoms with Crippen LogP contribution in [-0.2, 0) is 0 Å². The monoisotopic (exact) mass is 223 g/mol.